The molecule has 0 radical (unpaired) electrons. The number of nitriles is 1. The molecule has 0 amide bonds. The molecule has 1 N–H and O–H groups in total. The van der Waals surface area contributed by atoms with E-state index in [-0.39, 0.29) is 5.76 Å². The molecule has 1 unspecified atom stereocenters. The topological polar surface area (TPSA) is 92.7 Å². The van der Waals surface area contributed by atoms with Gasteiger partial charge in [-0.1, -0.05) is 6.07 Å². The predicted octanol–water partition coefficient (Wildman–Crippen LogP) is 3.45. The van der Waals surface area contributed by atoms with Crippen LogP contribution in [0.15, 0.2) is 40.8 Å². The van der Waals surface area contributed by atoms with Gasteiger partial charge in [0.2, 0.25) is 5.76 Å². The molecule has 1 aromatic carbocycles. The highest BCUT2D eigenvalue weighted by atomic mass is 16.5. The largest absolute Gasteiger partial charge is 0.497 e. The van der Waals surface area contributed by atoms with Gasteiger partial charge in [-0.2, -0.15) is 5.26 Å². The van der Waals surface area contributed by atoms with Crippen molar-refractivity contribution in [1.82, 2.24) is 0 Å². The molecule has 0 aliphatic rings. The van der Waals surface area contributed by atoms with Gasteiger partial charge < -0.3 is 19.0 Å². The molecule has 2 aromatic rings. The van der Waals surface area contributed by atoms with Crippen molar-refractivity contribution in [2.75, 3.05) is 13.7 Å². The lowest BCUT2D eigenvalue weighted by Crippen LogP contribution is -2.02. The summed E-state index contributed by atoms with van der Waals surface area (Å²) in [5, 5.41) is 18.0. The Balaban J connectivity index is 1.83. The van der Waals surface area contributed by atoms with Crippen LogP contribution in [0.3, 0.4) is 0 Å². The smallest absolute Gasteiger partial charge is 0.371 e. The molecule has 6 nitrogen and oxygen atoms in total. The van der Waals surface area contributed by atoms with Crippen LogP contribution in [0.25, 0.3) is 0 Å². The first kappa shape index (κ1) is 16.4. The van der Waals surface area contributed by atoms with E-state index < -0.39 is 11.9 Å². The van der Waals surface area contributed by atoms with Crippen LogP contribution in [0, 0.1) is 11.3 Å². The summed E-state index contributed by atoms with van der Waals surface area (Å²) >= 11 is 0. The van der Waals surface area contributed by atoms with Crippen LogP contribution < -0.4 is 9.47 Å². The summed E-state index contributed by atoms with van der Waals surface area (Å²) in [6, 6.07) is 12.3. The molecule has 0 aliphatic heterocycles. The number of carboxylic acids is 1. The second-order valence-electron chi connectivity index (χ2n) is 4.86. The molecule has 0 aliphatic carbocycles. The third-order valence-corrected chi connectivity index (χ3v) is 3.28. The van der Waals surface area contributed by atoms with Crippen LogP contribution in [-0.4, -0.2) is 24.8 Å². The monoisotopic (exact) mass is 315 g/mol. The zero-order chi connectivity index (χ0) is 16.7. The lowest BCUT2D eigenvalue weighted by Gasteiger charge is -2.09. The number of furan rings is 1. The molecular formula is C17H17NO5. The molecule has 1 heterocycles. The predicted molar refractivity (Wildman–Crippen MR) is 81.7 cm³/mol. The van der Waals surface area contributed by atoms with Crippen molar-refractivity contribution >= 4 is 5.97 Å². The molecule has 2 rings (SSSR count). The summed E-state index contributed by atoms with van der Waals surface area (Å²) in [6.45, 7) is 0.442. The summed E-state index contributed by atoms with van der Waals surface area (Å²) in [5.41, 5.74) is 0. The molecule has 6 heteroatoms. The number of carbonyl (C=O) groups is 1. The van der Waals surface area contributed by atoms with Crippen molar-refractivity contribution in [2.24, 2.45) is 0 Å². The van der Waals surface area contributed by atoms with Gasteiger partial charge in [-0.3, -0.25) is 0 Å². The summed E-state index contributed by atoms with van der Waals surface area (Å²) in [4.78, 5) is 10.8. The maximum absolute atomic E-state index is 10.8. The normalized spacial score (nSPS) is 11.5. The van der Waals surface area contributed by atoms with Crippen LogP contribution in [-0.2, 0) is 0 Å². The summed E-state index contributed by atoms with van der Waals surface area (Å²) < 4.78 is 15.9. The van der Waals surface area contributed by atoms with Gasteiger partial charge in [0.15, 0.2) is 0 Å². The average Bonchev–Trinajstić information content (AvgIpc) is 3.05. The number of ether oxygens (including phenoxy) is 2. The SMILES string of the molecule is COc1cccc(OCCCC(C#N)c2ccc(C(=O)O)o2)c1. The number of carboxylic acid groups (broad SMARTS) is 1. The van der Waals surface area contributed by atoms with E-state index in [2.05, 4.69) is 6.07 Å². The van der Waals surface area contributed by atoms with Crippen LogP contribution in [0.4, 0.5) is 0 Å². The maximum Gasteiger partial charge on any atom is 0.371 e. The van der Waals surface area contributed by atoms with Gasteiger partial charge in [0.1, 0.15) is 23.2 Å². The third kappa shape index (κ3) is 4.51. The van der Waals surface area contributed by atoms with Gasteiger partial charge in [0.25, 0.3) is 0 Å². The second kappa shape index (κ2) is 7.90. The Bertz CT molecular complexity index is 701. The minimum Gasteiger partial charge on any atom is -0.497 e. The Morgan fingerprint density at radius 3 is 2.78 bits per heavy atom. The van der Waals surface area contributed by atoms with Crippen LogP contribution in [0.2, 0.25) is 0 Å². The van der Waals surface area contributed by atoms with Gasteiger partial charge in [0, 0.05) is 6.07 Å². The fourth-order valence-corrected chi connectivity index (χ4v) is 2.09. The van der Waals surface area contributed by atoms with Gasteiger partial charge >= 0.3 is 5.97 Å². The third-order valence-electron chi connectivity index (χ3n) is 3.28. The number of aromatic carboxylic acids is 1. The van der Waals surface area contributed by atoms with E-state index in [0.29, 0.717) is 36.7 Å². The van der Waals surface area contributed by atoms with E-state index in [1.165, 1.54) is 12.1 Å². The highest BCUT2D eigenvalue weighted by Crippen LogP contribution is 2.24. The Labute approximate surface area is 133 Å². The Morgan fingerprint density at radius 1 is 1.35 bits per heavy atom. The van der Waals surface area contributed by atoms with Gasteiger partial charge in [-0.15, -0.1) is 0 Å². The number of hydrogen-bond donors (Lipinski definition) is 1. The Morgan fingerprint density at radius 2 is 2.13 bits per heavy atom. The zero-order valence-corrected chi connectivity index (χ0v) is 12.7. The summed E-state index contributed by atoms with van der Waals surface area (Å²) in [6.07, 6.45) is 1.16. The molecule has 120 valence electrons. The van der Waals surface area contributed by atoms with E-state index in [9.17, 15) is 10.1 Å². The Hall–Kier alpha value is -2.94. The van der Waals surface area contributed by atoms with E-state index in [4.69, 9.17) is 19.0 Å². The molecule has 0 spiro atoms. The number of nitrogens with zero attached hydrogens (tertiary/aromatic N) is 1. The number of hydrogen-bond acceptors (Lipinski definition) is 5. The van der Waals surface area contributed by atoms with Gasteiger partial charge in [-0.05, 0) is 37.1 Å². The highest BCUT2D eigenvalue weighted by molar-refractivity contribution is 5.84. The van der Waals surface area contributed by atoms with Crippen molar-refractivity contribution in [3.05, 3.63) is 47.9 Å². The van der Waals surface area contributed by atoms with E-state index in [1.807, 2.05) is 18.2 Å². The number of benzene rings is 1. The van der Waals surface area contributed by atoms with Gasteiger partial charge in [0.05, 0.1) is 19.8 Å². The van der Waals surface area contributed by atoms with Crippen LogP contribution in [0.5, 0.6) is 11.5 Å². The minimum atomic E-state index is -1.14. The quantitative estimate of drug-likeness (QED) is 0.750. The second-order valence-corrected chi connectivity index (χ2v) is 4.86. The molecule has 0 saturated heterocycles. The number of rotatable bonds is 8. The van der Waals surface area contributed by atoms with Crippen molar-refractivity contribution in [1.29, 1.82) is 5.26 Å². The number of methoxy groups -OCH3 is 1. The Kier molecular flexibility index (Phi) is 5.64. The van der Waals surface area contributed by atoms with E-state index in [1.54, 1.807) is 13.2 Å². The summed E-state index contributed by atoms with van der Waals surface area (Å²) in [5.74, 6) is -0.0105. The summed E-state index contributed by atoms with van der Waals surface area (Å²) in [7, 11) is 1.59. The molecule has 1 aromatic heterocycles. The van der Waals surface area contributed by atoms with E-state index in [0.717, 1.165) is 0 Å². The van der Waals surface area contributed by atoms with Crippen molar-refractivity contribution in [2.45, 2.75) is 18.8 Å². The highest BCUT2D eigenvalue weighted by Gasteiger charge is 2.17. The lowest BCUT2D eigenvalue weighted by atomic mass is 10.0. The van der Waals surface area contributed by atoms with E-state index >= 15 is 0 Å². The fraction of sp³-hybridized carbons (Fsp3) is 0.294. The minimum absolute atomic E-state index is 0.159. The fourth-order valence-electron chi connectivity index (χ4n) is 2.09. The molecule has 1 atom stereocenters. The zero-order valence-electron chi connectivity index (χ0n) is 12.7. The maximum atomic E-state index is 10.8. The molecule has 0 saturated carbocycles. The molecule has 23 heavy (non-hydrogen) atoms. The standard InChI is InChI=1S/C17H17NO5/c1-21-13-5-2-6-14(10-13)22-9-3-4-12(11-18)15-7-8-16(23-15)17(19)20/h2,5-8,10,12H,3-4,9H2,1H3,(H,19,20). The molecular weight excluding hydrogens is 298 g/mol. The lowest BCUT2D eigenvalue weighted by molar-refractivity contribution is 0.0660. The first-order valence-electron chi connectivity index (χ1n) is 7.13. The first-order chi connectivity index (χ1) is 11.1. The van der Waals surface area contributed by atoms with Crippen LogP contribution >= 0.6 is 0 Å². The average molecular weight is 315 g/mol. The van der Waals surface area contributed by atoms with Crippen molar-refractivity contribution in [3.8, 4) is 17.6 Å². The van der Waals surface area contributed by atoms with Gasteiger partial charge in [-0.25, -0.2) is 4.79 Å². The molecule has 0 fully saturated rings. The van der Waals surface area contributed by atoms with Crippen LogP contribution in [0.1, 0.15) is 35.1 Å². The van der Waals surface area contributed by atoms with Crippen molar-refractivity contribution in [3.63, 3.8) is 0 Å². The van der Waals surface area contributed by atoms with Crippen molar-refractivity contribution < 1.29 is 23.8 Å². The first-order valence-corrected chi connectivity index (χ1v) is 7.13. The molecule has 0 bridgehead atoms.